The summed E-state index contributed by atoms with van der Waals surface area (Å²) in [5, 5.41) is 7.28. The fourth-order valence-electron chi connectivity index (χ4n) is 7.01. The molecule has 9 aromatic rings. The maximum atomic E-state index is 5.35. The third-order valence-corrected chi connectivity index (χ3v) is 10.8. The van der Waals surface area contributed by atoms with Gasteiger partial charge in [-0.1, -0.05) is 133 Å². The molecule has 3 heterocycles. The van der Waals surface area contributed by atoms with Crippen molar-refractivity contribution in [2.24, 2.45) is 0 Å². The van der Waals surface area contributed by atoms with Crippen LogP contribution in [0.25, 0.3) is 86.9 Å². The monoisotopic (exact) mass is 644 g/mol. The summed E-state index contributed by atoms with van der Waals surface area (Å²) < 4.78 is 2.57. The molecule has 0 aliphatic rings. The molecule has 0 spiro atoms. The highest BCUT2D eigenvalue weighted by Crippen LogP contribution is 2.43. The molecule has 0 saturated carbocycles. The van der Waals surface area contributed by atoms with E-state index in [1.807, 2.05) is 11.3 Å². The number of aryl methyl sites for hydroxylation is 1. The first-order valence-corrected chi connectivity index (χ1v) is 17.5. The topological polar surface area (TPSA) is 25.8 Å². The van der Waals surface area contributed by atoms with Gasteiger partial charge in [-0.05, 0) is 71.1 Å². The van der Waals surface area contributed by atoms with Gasteiger partial charge in [0.25, 0.3) is 0 Å². The SMILES string of the molecule is C/C=C(/C=C\c1ccc2ccc(-c3ccc(-c4nc5cc6ccccc6cc5c5sc6ccccc6c45)cc3)nc2c1C)c1ccccc1. The van der Waals surface area contributed by atoms with Crippen molar-refractivity contribution in [3.05, 3.63) is 168 Å². The van der Waals surface area contributed by atoms with Gasteiger partial charge < -0.3 is 0 Å². The molecule has 3 heteroatoms. The first kappa shape index (κ1) is 29.3. The molecule has 3 aromatic heterocycles. The molecule has 0 aliphatic heterocycles. The van der Waals surface area contributed by atoms with E-state index in [1.165, 1.54) is 58.6 Å². The third-order valence-electron chi connectivity index (χ3n) is 9.64. The molecule has 0 N–H and O–H groups in total. The summed E-state index contributed by atoms with van der Waals surface area (Å²) in [7, 11) is 0. The van der Waals surface area contributed by atoms with Crippen LogP contribution < -0.4 is 0 Å². The van der Waals surface area contributed by atoms with Crippen molar-refractivity contribution in [1.82, 2.24) is 9.97 Å². The van der Waals surface area contributed by atoms with E-state index >= 15 is 0 Å². The van der Waals surface area contributed by atoms with Crippen LogP contribution in [0.3, 0.4) is 0 Å². The maximum Gasteiger partial charge on any atom is 0.0802 e. The molecule has 2 nitrogen and oxygen atoms in total. The molecule has 0 aliphatic carbocycles. The first-order chi connectivity index (χ1) is 24.1. The summed E-state index contributed by atoms with van der Waals surface area (Å²) in [5.74, 6) is 0. The summed E-state index contributed by atoms with van der Waals surface area (Å²) in [6.45, 7) is 4.26. The lowest BCUT2D eigenvalue weighted by Crippen LogP contribution is -1.92. The van der Waals surface area contributed by atoms with E-state index in [4.69, 9.17) is 9.97 Å². The Labute approximate surface area is 289 Å². The van der Waals surface area contributed by atoms with Gasteiger partial charge in [-0.3, -0.25) is 0 Å². The van der Waals surface area contributed by atoms with E-state index in [-0.39, 0.29) is 0 Å². The standard InChI is InChI=1S/C46H32N2S/c1-3-30(32-11-5-4-6-12-32)17-18-31-19-22-34-25-26-40(47-44(34)29(31)2)33-20-23-35(24-21-33)45-43-38-15-9-10-16-42(38)49-46(43)39-27-36-13-7-8-14-37(36)28-41(39)48-45/h3-28H,1-2H3/b18-17-,30-3-. The Kier molecular flexibility index (Phi) is 7.14. The number of thiophene rings is 1. The third kappa shape index (κ3) is 5.11. The fraction of sp³-hybridized carbons (Fsp3) is 0.0435. The van der Waals surface area contributed by atoms with Crippen LogP contribution in [-0.4, -0.2) is 9.97 Å². The van der Waals surface area contributed by atoms with Crippen LogP contribution in [-0.2, 0) is 0 Å². The van der Waals surface area contributed by atoms with Gasteiger partial charge in [0.05, 0.1) is 22.4 Å². The van der Waals surface area contributed by atoms with Crippen molar-refractivity contribution in [3.8, 4) is 22.5 Å². The quantitative estimate of drug-likeness (QED) is 0.138. The van der Waals surface area contributed by atoms with Crippen LogP contribution in [0.2, 0.25) is 0 Å². The molecule has 6 aromatic carbocycles. The minimum atomic E-state index is 0.964. The van der Waals surface area contributed by atoms with Crippen molar-refractivity contribution in [2.75, 3.05) is 0 Å². The number of nitrogens with zero attached hydrogens (tertiary/aromatic N) is 2. The van der Waals surface area contributed by atoms with E-state index in [0.717, 1.165) is 38.9 Å². The minimum absolute atomic E-state index is 0.964. The number of benzene rings is 6. The van der Waals surface area contributed by atoms with Gasteiger partial charge in [0.2, 0.25) is 0 Å². The van der Waals surface area contributed by atoms with Crippen LogP contribution in [0.1, 0.15) is 23.6 Å². The van der Waals surface area contributed by atoms with Crippen molar-refractivity contribution in [1.29, 1.82) is 0 Å². The number of hydrogen-bond acceptors (Lipinski definition) is 3. The Balaban J connectivity index is 1.12. The van der Waals surface area contributed by atoms with Gasteiger partial charge in [-0.15, -0.1) is 11.3 Å². The summed E-state index contributed by atoms with van der Waals surface area (Å²) in [5.41, 5.74) is 11.0. The molecule has 0 bridgehead atoms. The second kappa shape index (κ2) is 12.0. The van der Waals surface area contributed by atoms with E-state index in [2.05, 4.69) is 172 Å². The molecule has 0 fully saturated rings. The Hall–Kier alpha value is -5.90. The van der Waals surface area contributed by atoms with E-state index < -0.39 is 0 Å². The lowest BCUT2D eigenvalue weighted by molar-refractivity contribution is 1.35. The average molecular weight is 645 g/mol. The Morgan fingerprint density at radius 1 is 0.633 bits per heavy atom. The highest BCUT2D eigenvalue weighted by Gasteiger charge is 2.17. The molecular weight excluding hydrogens is 613 g/mol. The molecule has 0 saturated heterocycles. The van der Waals surface area contributed by atoms with E-state index in [9.17, 15) is 0 Å². The number of allylic oxidation sites excluding steroid dienone is 3. The van der Waals surface area contributed by atoms with Crippen molar-refractivity contribution in [3.63, 3.8) is 0 Å². The number of hydrogen-bond donors (Lipinski definition) is 0. The van der Waals surface area contributed by atoms with Gasteiger partial charge in [-0.2, -0.15) is 0 Å². The van der Waals surface area contributed by atoms with E-state index in [1.54, 1.807) is 0 Å². The number of rotatable bonds is 5. The lowest BCUT2D eigenvalue weighted by Gasteiger charge is -2.11. The van der Waals surface area contributed by atoms with Crippen LogP contribution in [0.4, 0.5) is 0 Å². The smallest absolute Gasteiger partial charge is 0.0802 e. The maximum absolute atomic E-state index is 5.35. The molecule has 232 valence electrons. The highest BCUT2D eigenvalue weighted by atomic mass is 32.1. The van der Waals surface area contributed by atoms with Gasteiger partial charge in [0.15, 0.2) is 0 Å². The molecule has 0 unspecified atom stereocenters. The van der Waals surface area contributed by atoms with Gasteiger partial charge in [0, 0.05) is 42.1 Å². The zero-order chi connectivity index (χ0) is 32.9. The summed E-state index contributed by atoms with van der Waals surface area (Å²) in [6.07, 6.45) is 6.56. The Bertz CT molecular complexity index is 2770. The summed E-state index contributed by atoms with van der Waals surface area (Å²) in [6, 6.07) is 49.8. The van der Waals surface area contributed by atoms with Crippen LogP contribution in [0, 0.1) is 6.92 Å². The predicted molar refractivity (Wildman–Crippen MR) is 212 cm³/mol. The highest BCUT2D eigenvalue weighted by molar-refractivity contribution is 7.26. The van der Waals surface area contributed by atoms with Gasteiger partial charge >= 0.3 is 0 Å². The van der Waals surface area contributed by atoms with Crippen LogP contribution in [0.15, 0.2) is 152 Å². The van der Waals surface area contributed by atoms with E-state index in [0.29, 0.717) is 0 Å². The average Bonchev–Trinajstić information content (AvgIpc) is 3.55. The van der Waals surface area contributed by atoms with Crippen molar-refractivity contribution < 1.29 is 0 Å². The fourth-order valence-corrected chi connectivity index (χ4v) is 8.24. The number of fused-ring (bicyclic) bond motifs is 7. The van der Waals surface area contributed by atoms with Crippen LogP contribution >= 0.6 is 11.3 Å². The molecule has 9 rings (SSSR count). The Morgan fingerprint density at radius 2 is 1.35 bits per heavy atom. The van der Waals surface area contributed by atoms with Crippen LogP contribution in [0.5, 0.6) is 0 Å². The van der Waals surface area contributed by atoms with Crippen molar-refractivity contribution >= 4 is 75.7 Å². The van der Waals surface area contributed by atoms with Gasteiger partial charge in [-0.25, -0.2) is 9.97 Å². The first-order valence-electron chi connectivity index (χ1n) is 16.7. The largest absolute Gasteiger partial charge is 0.247 e. The minimum Gasteiger partial charge on any atom is -0.247 e. The normalized spacial score (nSPS) is 12.3. The lowest BCUT2D eigenvalue weighted by atomic mass is 9.98. The summed E-state index contributed by atoms with van der Waals surface area (Å²) in [4.78, 5) is 10.6. The molecule has 0 amide bonds. The van der Waals surface area contributed by atoms with Crippen molar-refractivity contribution in [2.45, 2.75) is 13.8 Å². The Morgan fingerprint density at radius 3 is 2.16 bits per heavy atom. The molecular formula is C46H32N2S. The predicted octanol–water partition coefficient (Wildman–Crippen LogP) is 13.1. The second-order valence-corrected chi connectivity index (χ2v) is 13.6. The molecule has 0 radical (unpaired) electrons. The molecule has 0 atom stereocenters. The molecule has 49 heavy (non-hydrogen) atoms. The number of aromatic nitrogens is 2. The number of pyridine rings is 2. The van der Waals surface area contributed by atoms with Gasteiger partial charge in [0.1, 0.15) is 0 Å². The second-order valence-electron chi connectivity index (χ2n) is 12.5. The zero-order valence-electron chi connectivity index (χ0n) is 27.3. The zero-order valence-corrected chi connectivity index (χ0v) is 28.1. The summed E-state index contributed by atoms with van der Waals surface area (Å²) >= 11 is 1.86.